The van der Waals surface area contributed by atoms with Crippen molar-refractivity contribution in [3.8, 4) is 0 Å². The molecule has 0 aromatic heterocycles. The van der Waals surface area contributed by atoms with Gasteiger partial charge in [-0.1, -0.05) is 47.5 Å². The van der Waals surface area contributed by atoms with Crippen LogP contribution in [0.3, 0.4) is 0 Å². The summed E-state index contributed by atoms with van der Waals surface area (Å²) in [5, 5.41) is 6.90. The van der Waals surface area contributed by atoms with E-state index in [1.165, 1.54) is 0 Å². The molecule has 0 saturated carbocycles. The summed E-state index contributed by atoms with van der Waals surface area (Å²) in [5.41, 5.74) is 1.59. The average molecular weight is 406 g/mol. The van der Waals surface area contributed by atoms with E-state index in [9.17, 15) is 9.59 Å². The van der Waals surface area contributed by atoms with Crippen LogP contribution in [0, 0.1) is 5.92 Å². The fourth-order valence-corrected chi connectivity index (χ4v) is 3.54. The number of para-hydroxylation sites is 1. The molecule has 2 N–H and O–H groups in total. The maximum atomic E-state index is 12.4. The molecule has 2 aromatic rings. The van der Waals surface area contributed by atoms with Crippen molar-refractivity contribution in [1.29, 1.82) is 0 Å². The molecule has 27 heavy (non-hydrogen) atoms. The van der Waals surface area contributed by atoms with Crippen LogP contribution in [0.4, 0.5) is 10.5 Å². The number of anilines is 1. The van der Waals surface area contributed by atoms with E-state index in [0.29, 0.717) is 42.5 Å². The highest BCUT2D eigenvalue weighted by molar-refractivity contribution is 6.35. The third-order valence-corrected chi connectivity index (χ3v) is 5.23. The molecule has 1 saturated heterocycles. The fourth-order valence-electron chi connectivity index (χ4n) is 3.06. The lowest BCUT2D eigenvalue weighted by atomic mass is 9.96. The second-order valence-electron chi connectivity index (χ2n) is 6.51. The van der Waals surface area contributed by atoms with Crippen LogP contribution in [0.5, 0.6) is 0 Å². The molecule has 5 nitrogen and oxygen atoms in total. The van der Waals surface area contributed by atoms with Crippen LogP contribution in [0.25, 0.3) is 0 Å². The SMILES string of the molecule is O=C(NCc1ccc(Cl)cc1Cl)C1CCN(C(=O)Nc2ccccc2)CC1. The standard InChI is InChI=1S/C20H21Cl2N3O2/c21-16-7-6-15(18(22)12-16)13-23-19(26)14-8-10-25(11-9-14)20(27)24-17-4-2-1-3-5-17/h1-7,12,14H,8-11,13H2,(H,23,26)(H,24,27). The summed E-state index contributed by atoms with van der Waals surface area (Å²) in [4.78, 5) is 26.5. The Kier molecular flexibility index (Phi) is 6.58. The molecule has 3 amide bonds. The number of hydrogen-bond acceptors (Lipinski definition) is 2. The maximum Gasteiger partial charge on any atom is 0.321 e. The molecule has 0 bridgehead atoms. The molecule has 2 aromatic carbocycles. The molecular weight excluding hydrogens is 385 g/mol. The van der Waals surface area contributed by atoms with Gasteiger partial charge in [-0.3, -0.25) is 4.79 Å². The zero-order chi connectivity index (χ0) is 19.2. The first kappa shape index (κ1) is 19.5. The number of likely N-dealkylation sites (tertiary alicyclic amines) is 1. The number of nitrogens with one attached hydrogen (secondary N) is 2. The van der Waals surface area contributed by atoms with E-state index in [4.69, 9.17) is 23.2 Å². The summed E-state index contributed by atoms with van der Waals surface area (Å²) in [5.74, 6) is -0.110. The Labute approximate surface area is 168 Å². The largest absolute Gasteiger partial charge is 0.352 e. The molecule has 0 unspecified atom stereocenters. The van der Waals surface area contributed by atoms with Crippen molar-refractivity contribution in [2.45, 2.75) is 19.4 Å². The highest BCUT2D eigenvalue weighted by atomic mass is 35.5. The molecule has 3 rings (SSSR count). The van der Waals surface area contributed by atoms with Gasteiger partial charge in [0.25, 0.3) is 0 Å². The van der Waals surface area contributed by atoms with Crippen LogP contribution >= 0.6 is 23.2 Å². The number of amides is 3. The smallest absolute Gasteiger partial charge is 0.321 e. The summed E-state index contributed by atoms with van der Waals surface area (Å²) in [7, 11) is 0. The quantitative estimate of drug-likeness (QED) is 0.783. The van der Waals surface area contributed by atoms with Crippen LogP contribution in [0.15, 0.2) is 48.5 Å². The van der Waals surface area contributed by atoms with Crippen molar-refractivity contribution >= 4 is 40.8 Å². The zero-order valence-electron chi connectivity index (χ0n) is 14.8. The number of halogens is 2. The Morgan fingerprint density at radius 3 is 2.41 bits per heavy atom. The van der Waals surface area contributed by atoms with Crippen molar-refractivity contribution < 1.29 is 9.59 Å². The van der Waals surface area contributed by atoms with E-state index >= 15 is 0 Å². The molecule has 0 radical (unpaired) electrons. The van der Waals surface area contributed by atoms with Crippen molar-refractivity contribution in [1.82, 2.24) is 10.2 Å². The third kappa shape index (κ3) is 5.37. The zero-order valence-corrected chi connectivity index (χ0v) is 16.3. The minimum absolute atomic E-state index is 0.0101. The first-order valence-corrected chi connectivity index (χ1v) is 9.61. The summed E-state index contributed by atoms with van der Waals surface area (Å²) in [6.07, 6.45) is 1.28. The molecule has 1 aliphatic rings. The normalized spacial score (nSPS) is 14.7. The predicted molar refractivity (Wildman–Crippen MR) is 108 cm³/mol. The molecule has 7 heteroatoms. The predicted octanol–water partition coefficient (Wildman–Crippen LogP) is 4.55. The summed E-state index contributed by atoms with van der Waals surface area (Å²) in [6.45, 7) is 1.47. The summed E-state index contributed by atoms with van der Waals surface area (Å²) < 4.78 is 0. The molecule has 0 aliphatic carbocycles. The molecule has 142 valence electrons. The van der Waals surface area contributed by atoms with E-state index in [-0.39, 0.29) is 17.9 Å². The summed E-state index contributed by atoms with van der Waals surface area (Å²) in [6, 6.07) is 14.4. The van der Waals surface area contributed by atoms with Crippen molar-refractivity contribution in [2.24, 2.45) is 5.92 Å². The minimum Gasteiger partial charge on any atom is -0.352 e. The highest BCUT2D eigenvalue weighted by Crippen LogP contribution is 2.22. The number of carbonyl (C=O) groups excluding carboxylic acids is 2. The van der Waals surface area contributed by atoms with Gasteiger partial charge in [-0.15, -0.1) is 0 Å². The minimum atomic E-state index is -0.131. The van der Waals surface area contributed by atoms with Crippen molar-refractivity contribution in [3.63, 3.8) is 0 Å². The van der Waals surface area contributed by atoms with Gasteiger partial charge >= 0.3 is 6.03 Å². The molecule has 1 aliphatic heterocycles. The van der Waals surface area contributed by atoms with Crippen LogP contribution in [-0.2, 0) is 11.3 Å². The van der Waals surface area contributed by atoms with Gasteiger partial charge < -0.3 is 15.5 Å². The lowest BCUT2D eigenvalue weighted by Gasteiger charge is -2.31. The number of carbonyl (C=O) groups is 2. The van der Waals surface area contributed by atoms with Crippen LogP contribution < -0.4 is 10.6 Å². The van der Waals surface area contributed by atoms with Crippen molar-refractivity contribution in [2.75, 3.05) is 18.4 Å². The van der Waals surface area contributed by atoms with Gasteiger partial charge in [-0.05, 0) is 42.7 Å². The number of rotatable bonds is 4. The summed E-state index contributed by atoms with van der Waals surface area (Å²) >= 11 is 12.0. The van der Waals surface area contributed by atoms with Gasteiger partial charge in [0, 0.05) is 41.3 Å². The molecule has 0 atom stereocenters. The second kappa shape index (κ2) is 9.11. The van der Waals surface area contributed by atoms with Crippen molar-refractivity contribution in [3.05, 3.63) is 64.1 Å². The molecular formula is C20H21Cl2N3O2. The van der Waals surface area contributed by atoms with E-state index in [1.54, 1.807) is 17.0 Å². The van der Waals surface area contributed by atoms with Gasteiger partial charge in [0.05, 0.1) is 0 Å². The van der Waals surface area contributed by atoms with Gasteiger partial charge in [0.1, 0.15) is 0 Å². The average Bonchev–Trinajstić information content (AvgIpc) is 2.68. The lowest BCUT2D eigenvalue weighted by molar-refractivity contribution is -0.126. The topological polar surface area (TPSA) is 61.4 Å². The van der Waals surface area contributed by atoms with E-state index < -0.39 is 0 Å². The Balaban J connectivity index is 1.45. The second-order valence-corrected chi connectivity index (χ2v) is 7.35. The van der Waals surface area contributed by atoms with Gasteiger partial charge in [0.15, 0.2) is 0 Å². The first-order chi connectivity index (χ1) is 13.0. The van der Waals surface area contributed by atoms with Gasteiger partial charge in [-0.2, -0.15) is 0 Å². The monoisotopic (exact) mass is 405 g/mol. The highest BCUT2D eigenvalue weighted by Gasteiger charge is 2.27. The Bertz CT molecular complexity index is 806. The Hall–Kier alpha value is -2.24. The first-order valence-electron chi connectivity index (χ1n) is 8.85. The number of hydrogen-bond donors (Lipinski definition) is 2. The van der Waals surface area contributed by atoms with E-state index in [0.717, 1.165) is 11.3 Å². The number of piperidine rings is 1. The Morgan fingerprint density at radius 2 is 1.74 bits per heavy atom. The lowest BCUT2D eigenvalue weighted by Crippen LogP contribution is -2.44. The Morgan fingerprint density at radius 1 is 1.04 bits per heavy atom. The molecule has 1 fully saturated rings. The van der Waals surface area contributed by atoms with E-state index in [1.807, 2.05) is 36.4 Å². The van der Waals surface area contributed by atoms with Gasteiger partial charge in [0.2, 0.25) is 5.91 Å². The fraction of sp³-hybridized carbons (Fsp3) is 0.300. The molecule has 0 spiro atoms. The van der Waals surface area contributed by atoms with Crippen LogP contribution in [0.2, 0.25) is 10.0 Å². The number of urea groups is 1. The van der Waals surface area contributed by atoms with Crippen LogP contribution in [-0.4, -0.2) is 29.9 Å². The number of nitrogens with zero attached hydrogens (tertiary/aromatic N) is 1. The van der Waals surface area contributed by atoms with E-state index in [2.05, 4.69) is 10.6 Å². The van der Waals surface area contributed by atoms with Crippen LogP contribution in [0.1, 0.15) is 18.4 Å². The molecule has 1 heterocycles. The number of benzene rings is 2. The third-order valence-electron chi connectivity index (χ3n) is 4.65. The van der Waals surface area contributed by atoms with Gasteiger partial charge in [-0.25, -0.2) is 4.79 Å². The maximum absolute atomic E-state index is 12.4.